The van der Waals surface area contributed by atoms with Crippen molar-refractivity contribution in [2.45, 2.75) is 20.4 Å². The minimum absolute atomic E-state index is 0.324. The van der Waals surface area contributed by atoms with Crippen LogP contribution in [0.1, 0.15) is 17.0 Å². The first-order valence-corrected chi connectivity index (χ1v) is 5.64. The van der Waals surface area contributed by atoms with Gasteiger partial charge in [0, 0.05) is 11.6 Å². The van der Waals surface area contributed by atoms with E-state index in [4.69, 9.17) is 11.6 Å². The summed E-state index contributed by atoms with van der Waals surface area (Å²) in [6.45, 7) is 4.35. The Bertz CT molecular complexity index is 497. The molecule has 0 saturated heterocycles. The number of hydrogen-bond donors (Lipinski definition) is 2. The number of H-pyrrole nitrogens is 1. The van der Waals surface area contributed by atoms with Gasteiger partial charge in [-0.05, 0) is 37.6 Å². The number of aromatic amines is 1. The molecule has 0 aliphatic rings. The van der Waals surface area contributed by atoms with E-state index in [2.05, 4.69) is 15.5 Å². The highest BCUT2D eigenvalue weighted by Crippen LogP contribution is 2.19. The average molecular weight is 254 g/mol. The fraction of sp³-hybridized carbons (Fsp3) is 0.250. The molecular weight excluding hydrogens is 241 g/mol. The summed E-state index contributed by atoms with van der Waals surface area (Å²) in [4.78, 5) is 0. The summed E-state index contributed by atoms with van der Waals surface area (Å²) in [5, 5.41) is 10.6. The third-order valence-corrected chi connectivity index (χ3v) is 2.74. The van der Waals surface area contributed by atoms with Crippen LogP contribution in [-0.2, 0) is 6.54 Å². The van der Waals surface area contributed by atoms with Gasteiger partial charge in [-0.15, -0.1) is 0 Å². The lowest BCUT2D eigenvalue weighted by Gasteiger charge is -2.07. The lowest BCUT2D eigenvalue weighted by atomic mass is 10.2. The third kappa shape index (κ3) is 2.77. The van der Waals surface area contributed by atoms with Crippen LogP contribution in [0.25, 0.3) is 0 Å². The highest BCUT2D eigenvalue weighted by molar-refractivity contribution is 6.30. The van der Waals surface area contributed by atoms with E-state index in [-0.39, 0.29) is 5.82 Å². The fourth-order valence-electron chi connectivity index (χ4n) is 1.71. The normalized spacial score (nSPS) is 10.6. The standard InChI is InChI=1S/C12H13ClFN3/c1-7-12(8(2)17-16-7)15-6-9-3-10(13)5-11(14)4-9/h3-5,15H,6H2,1-2H3,(H,16,17). The number of nitrogens with one attached hydrogen (secondary N) is 2. The van der Waals surface area contributed by atoms with Gasteiger partial charge in [0.1, 0.15) is 5.82 Å². The van der Waals surface area contributed by atoms with E-state index in [1.807, 2.05) is 13.8 Å². The first-order chi connectivity index (χ1) is 8.06. The Morgan fingerprint density at radius 3 is 2.71 bits per heavy atom. The van der Waals surface area contributed by atoms with Crippen LogP contribution in [-0.4, -0.2) is 10.2 Å². The van der Waals surface area contributed by atoms with Gasteiger partial charge in [-0.25, -0.2) is 4.39 Å². The molecule has 1 aromatic heterocycles. The van der Waals surface area contributed by atoms with Crippen LogP contribution in [0.4, 0.5) is 10.1 Å². The van der Waals surface area contributed by atoms with Gasteiger partial charge in [0.15, 0.2) is 0 Å². The van der Waals surface area contributed by atoms with Crippen LogP contribution >= 0.6 is 11.6 Å². The molecule has 5 heteroatoms. The molecule has 3 nitrogen and oxygen atoms in total. The Morgan fingerprint density at radius 2 is 2.12 bits per heavy atom. The van der Waals surface area contributed by atoms with E-state index >= 15 is 0 Å². The highest BCUT2D eigenvalue weighted by atomic mass is 35.5. The molecule has 0 fully saturated rings. The number of halogens is 2. The van der Waals surface area contributed by atoms with Crippen LogP contribution in [0.5, 0.6) is 0 Å². The molecule has 0 unspecified atom stereocenters. The lowest BCUT2D eigenvalue weighted by molar-refractivity contribution is 0.626. The van der Waals surface area contributed by atoms with Crippen molar-refractivity contribution < 1.29 is 4.39 Å². The molecule has 0 spiro atoms. The molecule has 0 aliphatic heterocycles. The Hall–Kier alpha value is -1.55. The van der Waals surface area contributed by atoms with E-state index < -0.39 is 0 Å². The zero-order valence-electron chi connectivity index (χ0n) is 9.64. The van der Waals surface area contributed by atoms with Crippen LogP contribution in [0.3, 0.4) is 0 Å². The van der Waals surface area contributed by atoms with Gasteiger partial charge in [0.05, 0.1) is 17.1 Å². The second kappa shape index (κ2) is 4.75. The Balaban J connectivity index is 2.12. The summed E-state index contributed by atoms with van der Waals surface area (Å²) in [6.07, 6.45) is 0. The van der Waals surface area contributed by atoms with E-state index in [0.29, 0.717) is 11.6 Å². The summed E-state index contributed by atoms with van der Waals surface area (Å²) in [5.41, 5.74) is 3.61. The molecule has 0 amide bonds. The van der Waals surface area contributed by atoms with E-state index in [1.54, 1.807) is 6.07 Å². The predicted octanol–water partition coefficient (Wildman–Crippen LogP) is 3.43. The minimum atomic E-state index is -0.324. The molecule has 0 radical (unpaired) electrons. The summed E-state index contributed by atoms with van der Waals surface area (Å²) in [7, 11) is 0. The molecule has 2 N–H and O–H groups in total. The van der Waals surface area contributed by atoms with Gasteiger partial charge < -0.3 is 5.32 Å². The zero-order chi connectivity index (χ0) is 12.4. The van der Waals surface area contributed by atoms with Crippen molar-refractivity contribution in [3.05, 3.63) is 46.0 Å². The SMILES string of the molecule is Cc1n[nH]c(C)c1NCc1cc(F)cc(Cl)c1. The second-order valence-corrected chi connectivity index (χ2v) is 4.38. The first kappa shape index (κ1) is 11.9. The van der Waals surface area contributed by atoms with Crippen molar-refractivity contribution in [3.63, 3.8) is 0 Å². The van der Waals surface area contributed by atoms with Crippen molar-refractivity contribution in [3.8, 4) is 0 Å². The van der Waals surface area contributed by atoms with Crippen LogP contribution in [0.15, 0.2) is 18.2 Å². The van der Waals surface area contributed by atoms with Crippen molar-refractivity contribution in [2.75, 3.05) is 5.32 Å². The second-order valence-electron chi connectivity index (χ2n) is 3.94. The largest absolute Gasteiger partial charge is 0.378 e. The molecule has 17 heavy (non-hydrogen) atoms. The number of anilines is 1. The monoisotopic (exact) mass is 253 g/mol. The quantitative estimate of drug-likeness (QED) is 0.880. The number of nitrogens with zero attached hydrogens (tertiary/aromatic N) is 1. The zero-order valence-corrected chi connectivity index (χ0v) is 10.4. The summed E-state index contributed by atoms with van der Waals surface area (Å²) >= 11 is 5.79. The maximum atomic E-state index is 13.1. The number of aryl methyl sites for hydroxylation is 2. The molecular formula is C12H13ClFN3. The fourth-order valence-corrected chi connectivity index (χ4v) is 1.96. The van der Waals surface area contributed by atoms with Crippen molar-refractivity contribution in [2.24, 2.45) is 0 Å². The number of benzene rings is 1. The predicted molar refractivity (Wildman–Crippen MR) is 66.8 cm³/mol. The maximum Gasteiger partial charge on any atom is 0.125 e. The lowest BCUT2D eigenvalue weighted by Crippen LogP contribution is -2.01. The highest BCUT2D eigenvalue weighted by Gasteiger charge is 2.06. The van der Waals surface area contributed by atoms with E-state index in [9.17, 15) is 4.39 Å². The van der Waals surface area contributed by atoms with Gasteiger partial charge in [-0.2, -0.15) is 5.10 Å². The van der Waals surface area contributed by atoms with E-state index in [1.165, 1.54) is 12.1 Å². The van der Waals surface area contributed by atoms with Crippen LogP contribution in [0.2, 0.25) is 5.02 Å². The first-order valence-electron chi connectivity index (χ1n) is 5.26. The molecule has 1 heterocycles. The Labute approximate surface area is 104 Å². The third-order valence-electron chi connectivity index (χ3n) is 2.52. The topological polar surface area (TPSA) is 40.7 Å². The molecule has 2 aromatic rings. The molecule has 2 rings (SSSR count). The number of rotatable bonds is 3. The number of hydrogen-bond acceptors (Lipinski definition) is 2. The van der Waals surface area contributed by atoms with E-state index in [0.717, 1.165) is 22.6 Å². The smallest absolute Gasteiger partial charge is 0.125 e. The van der Waals surface area contributed by atoms with Gasteiger partial charge in [0.25, 0.3) is 0 Å². The molecule has 0 saturated carbocycles. The maximum absolute atomic E-state index is 13.1. The summed E-state index contributed by atoms with van der Waals surface area (Å²) < 4.78 is 13.1. The van der Waals surface area contributed by atoms with Crippen LogP contribution < -0.4 is 5.32 Å². The minimum Gasteiger partial charge on any atom is -0.378 e. The molecule has 0 atom stereocenters. The number of aromatic nitrogens is 2. The Morgan fingerprint density at radius 1 is 1.35 bits per heavy atom. The molecule has 1 aromatic carbocycles. The van der Waals surface area contributed by atoms with Crippen LogP contribution in [0, 0.1) is 19.7 Å². The summed E-state index contributed by atoms with van der Waals surface area (Å²) in [5.74, 6) is -0.324. The van der Waals surface area contributed by atoms with Gasteiger partial charge in [-0.3, -0.25) is 5.10 Å². The van der Waals surface area contributed by atoms with Crippen molar-refractivity contribution in [1.82, 2.24) is 10.2 Å². The van der Waals surface area contributed by atoms with Gasteiger partial charge in [-0.1, -0.05) is 11.6 Å². The van der Waals surface area contributed by atoms with Crippen molar-refractivity contribution in [1.29, 1.82) is 0 Å². The Kier molecular flexibility index (Phi) is 3.33. The summed E-state index contributed by atoms with van der Waals surface area (Å²) in [6, 6.07) is 4.49. The average Bonchev–Trinajstić information content (AvgIpc) is 2.55. The van der Waals surface area contributed by atoms with Gasteiger partial charge >= 0.3 is 0 Å². The van der Waals surface area contributed by atoms with Gasteiger partial charge in [0.2, 0.25) is 0 Å². The molecule has 0 bridgehead atoms. The molecule has 90 valence electrons. The molecule has 0 aliphatic carbocycles. The van der Waals surface area contributed by atoms with Crippen molar-refractivity contribution >= 4 is 17.3 Å².